The number of rotatable bonds is 8. The number of carbonyl (C=O) groups is 2. The van der Waals surface area contributed by atoms with E-state index in [1.54, 1.807) is 7.11 Å². The molecule has 0 radical (unpaired) electrons. The topological polar surface area (TPSA) is 49.9 Å². The molecule has 0 aliphatic carbocycles. The molecule has 1 aliphatic heterocycles. The van der Waals surface area contributed by atoms with E-state index in [4.69, 9.17) is 4.74 Å². The normalized spacial score (nSPS) is 17.3. The van der Waals surface area contributed by atoms with Gasteiger partial charge in [-0.2, -0.15) is 0 Å². The Balaban J connectivity index is 1.81. The number of benzene rings is 2. The van der Waals surface area contributed by atoms with E-state index in [0.29, 0.717) is 13.0 Å². The molecular formula is C25H32N2O3. The third-order valence-electron chi connectivity index (χ3n) is 6.17. The van der Waals surface area contributed by atoms with Crippen molar-refractivity contribution in [1.29, 1.82) is 0 Å². The minimum Gasteiger partial charge on any atom is -0.382 e. The van der Waals surface area contributed by atoms with E-state index < -0.39 is 5.54 Å². The van der Waals surface area contributed by atoms with Gasteiger partial charge in [0, 0.05) is 37.9 Å². The van der Waals surface area contributed by atoms with Crippen molar-refractivity contribution in [3.05, 3.63) is 66.2 Å². The molecule has 1 aliphatic rings. The van der Waals surface area contributed by atoms with E-state index in [-0.39, 0.29) is 17.7 Å². The largest absolute Gasteiger partial charge is 0.382 e. The maximum atomic E-state index is 13.0. The summed E-state index contributed by atoms with van der Waals surface area (Å²) in [5, 5.41) is 0. The van der Waals surface area contributed by atoms with Crippen LogP contribution in [-0.2, 0) is 9.53 Å². The highest BCUT2D eigenvalue weighted by atomic mass is 16.5. The fourth-order valence-corrected chi connectivity index (χ4v) is 4.46. The average Bonchev–Trinajstić information content (AvgIpc) is 2.80. The van der Waals surface area contributed by atoms with Gasteiger partial charge in [0.15, 0.2) is 5.78 Å². The second-order valence-electron chi connectivity index (χ2n) is 8.02. The van der Waals surface area contributed by atoms with Crippen molar-refractivity contribution in [2.45, 2.75) is 44.7 Å². The number of hydrogen-bond acceptors (Lipinski definition) is 4. The Kier molecular flexibility index (Phi) is 7.40. The number of para-hydroxylation sites is 1. The van der Waals surface area contributed by atoms with Crippen LogP contribution in [0.25, 0.3) is 0 Å². The van der Waals surface area contributed by atoms with Gasteiger partial charge in [0.1, 0.15) is 0 Å². The number of ether oxygens (including phenoxy) is 1. The van der Waals surface area contributed by atoms with Crippen LogP contribution in [0.3, 0.4) is 0 Å². The lowest BCUT2D eigenvalue weighted by molar-refractivity contribution is -0.120. The number of hydrogen-bond donors (Lipinski definition) is 0. The van der Waals surface area contributed by atoms with Gasteiger partial charge >= 0.3 is 0 Å². The van der Waals surface area contributed by atoms with Crippen molar-refractivity contribution in [3.8, 4) is 0 Å². The smallest absolute Gasteiger partial charge is 0.227 e. The quantitative estimate of drug-likeness (QED) is 0.615. The highest BCUT2D eigenvalue weighted by Crippen LogP contribution is 2.35. The molecule has 1 heterocycles. The number of nitrogens with zero attached hydrogens (tertiary/aromatic N) is 2. The Morgan fingerprint density at radius 1 is 1.03 bits per heavy atom. The zero-order valence-corrected chi connectivity index (χ0v) is 18.2. The van der Waals surface area contributed by atoms with Crippen LogP contribution in [0.15, 0.2) is 60.7 Å². The first kappa shape index (κ1) is 22.2. The van der Waals surface area contributed by atoms with Crippen molar-refractivity contribution in [2.75, 3.05) is 31.7 Å². The molecule has 30 heavy (non-hydrogen) atoms. The minimum atomic E-state index is -0.408. The van der Waals surface area contributed by atoms with E-state index in [0.717, 1.165) is 37.2 Å². The molecule has 1 saturated heterocycles. The molecule has 1 amide bonds. The highest BCUT2D eigenvalue weighted by molar-refractivity contribution is 5.99. The molecule has 3 rings (SSSR count). The van der Waals surface area contributed by atoms with E-state index in [1.165, 1.54) is 0 Å². The third-order valence-corrected chi connectivity index (χ3v) is 6.17. The number of likely N-dealkylation sites (tertiary alicyclic amines) is 1. The van der Waals surface area contributed by atoms with Crippen LogP contribution in [0.1, 0.15) is 43.5 Å². The highest BCUT2D eigenvalue weighted by Gasteiger charge is 2.44. The first-order valence-corrected chi connectivity index (χ1v) is 10.7. The van der Waals surface area contributed by atoms with Gasteiger partial charge in [0.2, 0.25) is 5.91 Å². The van der Waals surface area contributed by atoms with E-state index in [2.05, 4.69) is 4.90 Å². The van der Waals surface area contributed by atoms with Gasteiger partial charge in [-0.3, -0.25) is 14.5 Å². The van der Waals surface area contributed by atoms with Crippen LogP contribution >= 0.6 is 0 Å². The molecule has 160 valence electrons. The van der Waals surface area contributed by atoms with E-state index in [9.17, 15) is 9.59 Å². The van der Waals surface area contributed by atoms with Crippen LogP contribution in [-0.4, -0.2) is 55.0 Å². The van der Waals surface area contributed by atoms with Crippen molar-refractivity contribution in [2.24, 2.45) is 0 Å². The number of Topliss-reactive ketones (excluding diaryl/α,β-unsaturated/α-hetero) is 1. The summed E-state index contributed by atoms with van der Waals surface area (Å²) in [7, 11) is 1.69. The van der Waals surface area contributed by atoms with Crippen molar-refractivity contribution >= 4 is 17.4 Å². The maximum Gasteiger partial charge on any atom is 0.227 e. The maximum absolute atomic E-state index is 13.0. The van der Waals surface area contributed by atoms with E-state index >= 15 is 0 Å². The summed E-state index contributed by atoms with van der Waals surface area (Å²) < 4.78 is 5.61. The number of amides is 1. The summed E-state index contributed by atoms with van der Waals surface area (Å²) >= 11 is 0. The van der Waals surface area contributed by atoms with E-state index in [1.807, 2.05) is 79.4 Å². The number of carbonyl (C=O) groups excluding carboxylic acids is 2. The SMILES string of the molecule is CCC(=O)N(c1ccccc1)C1(COC)CCN(C(C)C(=O)c2ccccc2)CC1. The average molecular weight is 409 g/mol. The molecule has 1 atom stereocenters. The molecule has 0 N–H and O–H groups in total. The summed E-state index contributed by atoms with van der Waals surface area (Å²) in [5.74, 6) is 0.236. The minimum absolute atomic E-state index is 0.0973. The fraction of sp³-hybridized carbons (Fsp3) is 0.440. The zero-order valence-electron chi connectivity index (χ0n) is 18.2. The molecule has 2 aromatic rings. The summed E-state index contributed by atoms with van der Waals surface area (Å²) in [6.07, 6.45) is 1.95. The molecule has 1 unspecified atom stereocenters. The predicted molar refractivity (Wildman–Crippen MR) is 120 cm³/mol. The lowest BCUT2D eigenvalue weighted by atomic mass is 9.84. The second-order valence-corrected chi connectivity index (χ2v) is 8.02. The third kappa shape index (κ3) is 4.63. The number of piperidine rings is 1. The Morgan fingerprint density at radius 2 is 1.60 bits per heavy atom. The van der Waals surface area contributed by atoms with Gasteiger partial charge in [-0.15, -0.1) is 0 Å². The van der Waals surface area contributed by atoms with Crippen LogP contribution in [0, 0.1) is 0 Å². The number of anilines is 1. The molecule has 0 aromatic heterocycles. The molecule has 0 spiro atoms. The summed E-state index contributed by atoms with van der Waals surface area (Å²) in [4.78, 5) is 30.1. The molecular weight excluding hydrogens is 376 g/mol. The Labute approximate surface area is 179 Å². The first-order chi connectivity index (χ1) is 14.5. The standard InChI is InChI=1S/C25H32N2O3/c1-4-23(28)27(22-13-9-6-10-14-22)25(19-30-3)15-17-26(18-16-25)20(2)24(29)21-11-7-5-8-12-21/h5-14,20H,4,15-19H2,1-3H3. The van der Waals surface area contributed by atoms with Gasteiger partial charge in [-0.1, -0.05) is 55.5 Å². The first-order valence-electron chi connectivity index (χ1n) is 10.7. The monoisotopic (exact) mass is 408 g/mol. The van der Waals surface area contributed by atoms with Crippen molar-refractivity contribution in [3.63, 3.8) is 0 Å². The summed E-state index contributed by atoms with van der Waals surface area (Å²) in [5.41, 5.74) is 1.24. The summed E-state index contributed by atoms with van der Waals surface area (Å²) in [6, 6.07) is 19.1. The predicted octanol–water partition coefficient (Wildman–Crippen LogP) is 4.18. The van der Waals surface area contributed by atoms with Crippen molar-refractivity contribution < 1.29 is 14.3 Å². The zero-order chi connectivity index (χ0) is 21.6. The Morgan fingerprint density at radius 3 is 2.13 bits per heavy atom. The molecule has 0 bridgehead atoms. The summed E-state index contributed by atoms with van der Waals surface area (Å²) in [6.45, 7) is 5.83. The fourth-order valence-electron chi connectivity index (χ4n) is 4.46. The molecule has 5 nitrogen and oxygen atoms in total. The molecule has 1 fully saturated rings. The van der Waals surface area contributed by atoms with Crippen LogP contribution in [0.2, 0.25) is 0 Å². The molecule has 2 aromatic carbocycles. The Hall–Kier alpha value is -2.50. The second kappa shape index (κ2) is 10.0. The number of methoxy groups -OCH3 is 1. The van der Waals surface area contributed by atoms with Gasteiger partial charge in [0.25, 0.3) is 0 Å². The van der Waals surface area contributed by atoms with Gasteiger partial charge in [0.05, 0.1) is 18.2 Å². The van der Waals surface area contributed by atoms with Crippen LogP contribution in [0.4, 0.5) is 5.69 Å². The lowest BCUT2D eigenvalue weighted by Gasteiger charge is -2.49. The van der Waals surface area contributed by atoms with Crippen molar-refractivity contribution in [1.82, 2.24) is 4.90 Å². The van der Waals surface area contributed by atoms with Crippen LogP contribution in [0.5, 0.6) is 0 Å². The van der Waals surface area contributed by atoms with Crippen LogP contribution < -0.4 is 4.90 Å². The van der Waals surface area contributed by atoms with Gasteiger partial charge in [-0.05, 0) is 31.9 Å². The van der Waals surface area contributed by atoms with Gasteiger partial charge in [-0.25, -0.2) is 0 Å². The molecule has 0 saturated carbocycles. The number of ketones is 1. The lowest BCUT2D eigenvalue weighted by Crippen LogP contribution is -2.61. The van der Waals surface area contributed by atoms with Gasteiger partial charge < -0.3 is 9.64 Å². The Bertz CT molecular complexity index is 830. The molecule has 5 heteroatoms.